The summed E-state index contributed by atoms with van der Waals surface area (Å²) in [5.41, 5.74) is -2.06. The third kappa shape index (κ3) is 4.23. The van der Waals surface area contributed by atoms with Crippen LogP contribution in [0.1, 0.15) is 38.3 Å². The Kier molecular flexibility index (Phi) is 6.67. The maximum atomic E-state index is 15.0. The lowest BCUT2D eigenvalue weighted by Crippen LogP contribution is -2.48. The minimum absolute atomic E-state index is 0.00570. The van der Waals surface area contributed by atoms with E-state index in [-0.39, 0.29) is 39.1 Å². The number of fused-ring (bicyclic) bond motifs is 2. The van der Waals surface area contributed by atoms with Crippen molar-refractivity contribution in [3.05, 3.63) is 92.7 Å². The molecule has 0 radical (unpaired) electrons. The van der Waals surface area contributed by atoms with E-state index in [0.29, 0.717) is 17.5 Å². The fourth-order valence-electron chi connectivity index (χ4n) is 4.96. The summed E-state index contributed by atoms with van der Waals surface area (Å²) in [5, 5.41) is 20.8. The molecule has 1 atom stereocenters. The Labute approximate surface area is 225 Å². The molecular weight excluding hydrogens is 544 g/mol. The zero-order valence-corrected chi connectivity index (χ0v) is 21.2. The third-order valence-corrected chi connectivity index (χ3v) is 7.61. The second kappa shape index (κ2) is 9.57. The van der Waals surface area contributed by atoms with E-state index in [1.165, 1.54) is 53.4 Å². The van der Waals surface area contributed by atoms with Gasteiger partial charge in [0.1, 0.15) is 5.82 Å². The van der Waals surface area contributed by atoms with E-state index in [1.54, 1.807) is 0 Å². The van der Waals surface area contributed by atoms with Crippen LogP contribution in [-0.2, 0) is 12.0 Å². The number of rotatable bonds is 3. The summed E-state index contributed by atoms with van der Waals surface area (Å²) >= 11 is 12.2. The minimum Gasteiger partial charge on any atom is -0.393 e. The number of benzene rings is 3. The van der Waals surface area contributed by atoms with Crippen molar-refractivity contribution in [3.63, 3.8) is 0 Å². The highest BCUT2D eigenvalue weighted by Crippen LogP contribution is 2.47. The van der Waals surface area contributed by atoms with E-state index in [9.17, 15) is 33.0 Å². The SMILES string of the molecule is O=C1c2ccc(C(=O)N3CCC(F)(F)[C@](O)(CO)c4cc(Cl)ccc43)cc2CCN1c1cc(F)ccc1Cl. The van der Waals surface area contributed by atoms with Crippen LogP contribution in [0, 0.1) is 5.82 Å². The monoisotopic (exact) mass is 564 g/mol. The number of carbonyl (C=O) groups excluding carboxylic acids is 2. The Morgan fingerprint density at radius 3 is 2.50 bits per heavy atom. The van der Waals surface area contributed by atoms with Crippen molar-refractivity contribution in [1.82, 2.24) is 0 Å². The first kappa shape index (κ1) is 26.5. The van der Waals surface area contributed by atoms with Gasteiger partial charge in [-0.2, -0.15) is 0 Å². The fourth-order valence-corrected chi connectivity index (χ4v) is 5.35. The van der Waals surface area contributed by atoms with E-state index in [4.69, 9.17) is 23.2 Å². The summed E-state index contributed by atoms with van der Waals surface area (Å²) in [6.07, 6.45) is -0.571. The average molecular weight is 565 g/mol. The maximum absolute atomic E-state index is 15.0. The quantitative estimate of drug-likeness (QED) is 0.458. The van der Waals surface area contributed by atoms with Crippen molar-refractivity contribution in [2.24, 2.45) is 0 Å². The number of anilines is 2. The van der Waals surface area contributed by atoms with Crippen molar-refractivity contribution >= 4 is 46.4 Å². The van der Waals surface area contributed by atoms with E-state index < -0.39 is 48.7 Å². The van der Waals surface area contributed by atoms with Crippen LogP contribution >= 0.6 is 23.2 Å². The molecule has 3 aromatic rings. The molecule has 3 aromatic carbocycles. The van der Waals surface area contributed by atoms with Gasteiger partial charge in [0, 0.05) is 41.2 Å². The van der Waals surface area contributed by atoms with E-state index >= 15 is 0 Å². The maximum Gasteiger partial charge on any atom is 0.284 e. The van der Waals surface area contributed by atoms with Crippen molar-refractivity contribution in [2.75, 3.05) is 29.5 Å². The molecule has 0 aromatic heterocycles. The molecule has 0 saturated carbocycles. The number of amides is 2. The molecule has 2 heterocycles. The lowest BCUT2D eigenvalue weighted by molar-refractivity contribution is -0.205. The molecule has 0 saturated heterocycles. The lowest BCUT2D eigenvalue weighted by Gasteiger charge is -2.33. The number of carbonyl (C=O) groups is 2. The highest BCUT2D eigenvalue weighted by atomic mass is 35.5. The number of hydrogen-bond acceptors (Lipinski definition) is 4. The first-order valence-corrected chi connectivity index (χ1v) is 12.5. The van der Waals surface area contributed by atoms with Crippen molar-refractivity contribution in [2.45, 2.75) is 24.4 Å². The summed E-state index contributed by atoms with van der Waals surface area (Å²) in [5.74, 6) is -5.33. The summed E-state index contributed by atoms with van der Waals surface area (Å²) in [6.45, 7) is -1.53. The highest BCUT2D eigenvalue weighted by molar-refractivity contribution is 6.34. The molecular formula is C27H21Cl2F3N2O4. The van der Waals surface area contributed by atoms with Gasteiger partial charge >= 0.3 is 0 Å². The molecule has 11 heteroatoms. The molecule has 0 spiro atoms. The summed E-state index contributed by atoms with van der Waals surface area (Å²) in [6, 6.07) is 12.0. The average Bonchev–Trinajstić information content (AvgIpc) is 2.98. The number of halogens is 5. The van der Waals surface area contributed by atoms with Crippen LogP contribution in [0.2, 0.25) is 10.0 Å². The molecule has 2 N–H and O–H groups in total. The van der Waals surface area contributed by atoms with Crippen LogP contribution in [0.5, 0.6) is 0 Å². The van der Waals surface area contributed by atoms with Crippen molar-refractivity contribution < 1.29 is 33.0 Å². The smallest absolute Gasteiger partial charge is 0.284 e. The zero-order chi connectivity index (χ0) is 27.4. The van der Waals surface area contributed by atoms with Crippen molar-refractivity contribution in [3.8, 4) is 0 Å². The van der Waals surface area contributed by atoms with Crippen LogP contribution in [0.15, 0.2) is 54.6 Å². The predicted molar refractivity (Wildman–Crippen MR) is 137 cm³/mol. The predicted octanol–water partition coefficient (Wildman–Crippen LogP) is 5.20. The first-order valence-electron chi connectivity index (χ1n) is 11.7. The Morgan fingerprint density at radius 1 is 1.00 bits per heavy atom. The molecule has 2 amide bonds. The first-order chi connectivity index (χ1) is 18.0. The molecule has 0 bridgehead atoms. The normalized spacial score (nSPS) is 20.6. The van der Waals surface area contributed by atoms with Crippen LogP contribution in [-0.4, -0.2) is 47.6 Å². The number of aliphatic hydroxyl groups is 2. The van der Waals surface area contributed by atoms with Crippen LogP contribution in [0.4, 0.5) is 24.5 Å². The Morgan fingerprint density at radius 2 is 1.76 bits per heavy atom. The van der Waals surface area contributed by atoms with Gasteiger partial charge < -0.3 is 20.0 Å². The second-order valence-corrected chi connectivity index (χ2v) is 10.1. The van der Waals surface area contributed by atoms with Crippen LogP contribution < -0.4 is 9.80 Å². The molecule has 2 aliphatic heterocycles. The van der Waals surface area contributed by atoms with Gasteiger partial charge in [-0.3, -0.25) is 9.59 Å². The molecule has 2 aliphatic rings. The topological polar surface area (TPSA) is 81.1 Å². The van der Waals surface area contributed by atoms with Gasteiger partial charge in [-0.25, -0.2) is 13.2 Å². The third-order valence-electron chi connectivity index (χ3n) is 7.05. The highest BCUT2D eigenvalue weighted by Gasteiger charge is 2.56. The van der Waals surface area contributed by atoms with Gasteiger partial charge in [0.25, 0.3) is 17.7 Å². The van der Waals surface area contributed by atoms with Gasteiger partial charge in [-0.1, -0.05) is 23.2 Å². The summed E-state index contributed by atoms with van der Waals surface area (Å²) in [4.78, 5) is 29.3. The Balaban J connectivity index is 1.50. The van der Waals surface area contributed by atoms with E-state index in [2.05, 4.69) is 0 Å². The van der Waals surface area contributed by atoms with Gasteiger partial charge in [0.2, 0.25) is 0 Å². The fraction of sp³-hybridized carbons (Fsp3) is 0.259. The summed E-state index contributed by atoms with van der Waals surface area (Å²) < 4.78 is 43.8. The molecule has 5 rings (SSSR count). The molecule has 0 aliphatic carbocycles. The summed E-state index contributed by atoms with van der Waals surface area (Å²) in [7, 11) is 0. The number of aliphatic hydroxyl groups excluding tert-OH is 1. The van der Waals surface area contributed by atoms with E-state index in [0.717, 1.165) is 11.0 Å². The minimum atomic E-state index is -3.75. The second-order valence-electron chi connectivity index (χ2n) is 9.27. The Hall–Kier alpha value is -3.11. The van der Waals surface area contributed by atoms with Gasteiger partial charge in [0.05, 0.1) is 23.0 Å². The lowest BCUT2D eigenvalue weighted by atomic mass is 9.86. The van der Waals surface area contributed by atoms with Gasteiger partial charge in [0.15, 0.2) is 5.60 Å². The van der Waals surface area contributed by atoms with Crippen LogP contribution in [0.3, 0.4) is 0 Å². The molecule has 0 unspecified atom stereocenters. The number of nitrogens with zero attached hydrogens (tertiary/aromatic N) is 2. The zero-order valence-electron chi connectivity index (χ0n) is 19.7. The van der Waals surface area contributed by atoms with Crippen molar-refractivity contribution in [1.29, 1.82) is 0 Å². The standard InChI is InChI=1S/C27H21Cl2F3N2O4/c28-17-2-6-22-20(12-17)26(38,14-35)27(31,32)8-10-34(22)24(36)16-1-4-19-15(11-16)7-9-33(25(19)37)23-13-18(30)3-5-21(23)29/h1-6,11-13,35,38H,7-10,14H2/t26-/m0/s1. The van der Waals surface area contributed by atoms with Gasteiger partial charge in [-0.15, -0.1) is 0 Å². The van der Waals surface area contributed by atoms with Crippen LogP contribution in [0.25, 0.3) is 0 Å². The molecule has 198 valence electrons. The number of alkyl halides is 2. The molecule has 0 fully saturated rings. The van der Waals surface area contributed by atoms with E-state index in [1.807, 2.05) is 0 Å². The molecule has 6 nitrogen and oxygen atoms in total. The molecule has 38 heavy (non-hydrogen) atoms. The Bertz CT molecular complexity index is 1470. The number of hydrogen-bond donors (Lipinski definition) is 2. The van der Waals surface area contributed by atoms with Gasteiger partial charge in [-0.05, 0) is 66.6 Å². The largest absolute Gasteiger partial charge is 0.393 e.